The van der Waals surface area contributed by atoms with Gasteiger partial charge in [0, 0.05) is 6.07 Å². The van der Waals surface area contributed by atoms with Gasteiger partial charge >= 0.3 is 0 Å². The van der Waals surface area contributed by atoms with Gasteiger partial charge in [-0.25, -0.2) is 14.4 Å². The monoisotopic (exact) mass is 221 g/mol. The second kappa shape index (κ2) is 2.90. The Morgan fingerprint density at radius 3 is 3.00 bits per heavy atom. The zero-order chi connectivity index (χ0) is 10.4. The van der Waals surface area contributed by atoms with Crippen LogP contribution in [0.2, 0.25) is 5.15 Å². The number of hydrogen-bond donors (Lipinski definition) is 0. The van der Waals surface area contributed by atoms with Crippen LogP contribution in [-0.2, 0) is 0 Å². The summed E-state index contributed by atoms with van der Waals surface area (Å²) in [5.74, 6) is -0.304. The third-order valence-electron chi connectivity index (χ3n) is 2.27. The summed E-state index contributed by atoms with van der Waals surface area (Å²) < 4.78 is 14.8. The quantitative estimate of drug-likeness (QED) is 0.584. The van der Waals surface area contributed by atoms with Gasteiger partial charge < -0.3 is 0 Å². The maximum absolute atomic E-state index is 13.1. The van der Waals surface area contributed by atoms with E-state index in [2.05, 4.69) is 9.97 Å². The molecule has 0 saturated carbocycles. The van der Waals surface area contributed by atoms with Crippen LogP contribution in [0.5, 0.6) is 0 Å². The van der Waals surface area contributed by atoms with Crippen LogP contribution in [-0.4, -0.2) is 14.4 Å². The molecule has 0 aliphatic rings. The molecule has 0 radical (unpaired) electrons. The summed E-state index contributed by atoms with van der Waals surface area (Å²) in [7, 11) is 0. The number of nitrogens with zero attached hydrogens (tertiary/aromatic N) is 3. The van der Waals surface area contributed by atoms with Crippen molar-refractivity contribution >= 4 is 28.2 Å². The van der Waals surface area contributed by atoms with E-state index >= 15 is 0 Å². The van der Waals surface area contributed by atoms with E-state index in [1.165, 1.54) is 12.1 Å². The molecule has 2 heterocycles. The lowest BCUT2D eigenvalue weighted by Gasteiger charge is -2.02. The summed E-state index contributed by atoms with van der Waals surface area (Å²) in [5, 5.41) is 0.367. The highest BCUT2D eigenvalue weighted by Crippen LogP contribution is 2.21. The highest BCUT2D eigenvalue weighted by Gasteiger charge is 2.07. The lowest BCUT2D eigenvalue weighted by molar-refractivity contribution is 0.629. The molecule has 3 nitrogen and oxygen atoms in total. The van der Waals surface area contributed by atoms with Crippen molar-refractivity contribution in [1.29, 1.82) is 0 Å². The normalized spacial score (nSPS) is 11.3. The average Bonchev–Trinajstić information content (AvgIpc) is 2.69. The summed E-state index contributed by atoms with van der Waals surface area (Å²) in [6.45, 7) is 0. The molecule has 0 atom stereocenters. The summed E-state index contributed by atoms with van der Waals surface area (Å²) in [5.41, 5.74) is 1.98. The number of fused-ring (bicyclic) bond motifs is 3. The minimum absolute atomic E-state index is 0.304. The maximum atomic E-state index is 13.1. The fourth-order valence-corrected chi connectivity index (χ4v) is 1.82. The van der Waals surface area contributed by atoms with Crippen LogP contribution in [0, 0.1) is 5.82 Å². The summed E-state index contributed by atoms with van der Waals surface area (Å²) in [6.07, 6.45) is 3.18. The summed E-state index contributed by atoms with van der Waals surface area (Å²) in [6, 6.07) is 4.36. The van der Waals surface area contributed by atoms with E-state index in [-0.39, 0.29) is 5.82 Å². The van der Waals surface area contributed by atoms with Crippen molar-refractivity contribution in [2.24, 2.45) is 0 Å². The fraction of sp³-hybridized carbons (Fsp3) is 0. The van der Waals surface area contributed by atoms with Crippen LogP contribution in [0.25, 0.3) is 16.6 Å². The van der Waals surface area contributed by atoms with Gasteiger partial charge in [-0.3, -0.25) is 4.40 Å². The molecular weight excluding hydrogens is 217 g/mol. The van der Waals surface area contributed by atoms with Crippen LogP contribution in [0.15, 0.2) is 30.7 Å². The second-order valence-corrected chi connectivity index (χ2v) is 3.54. The summed E-state index contributed by atoms with van der Waals surface area (Å²) in [4.78, 5) is 8.11. The Bertz CT molecular complexity index is 662. The Balaban J connectivity index is 2.61. The first-order chi connectivity index (χ1) is 7.25. The van der Waals surface area contributed by atoms with E-state index in [4.69, 9.17) is 11.6 Å². The van der Waals surface area contributed by atoms with Crippen molar-refractivity contribution in [1.82, 2.24) is 14.4 Å². The van der Waals surface area contributed by atoms with E-state index in [1.54, 1.807) is 23.0 Å². The van der Waals surface area contributed by atoms with E-state index in [0.29, 0.717) is 21.7 Å². The Morgan fingerprint density at radius 2 is 2.13 bits per heavy atom. The minimum Gasteiger partial charge on any atom is -0.294 e. The Hall–Kier alpha value is -1.68. The molecule has 0 amide bonds. The zero-order valence-electron chi connectivity index (χ0n) is 7.48. The van der Waals surface area contributed by atoms with Gasteiger partial charge in [-0.15, -0.1) is 0 Å². The largest absolute Gasteiger partial charge is 0.294 e. The molecule has 3 rings (SSSR count). The molecule has 0 bridgehead atoms. The van der Waals surface area contributed by atoms with Crippen molar-refractivity contribution in [3.05, 3.63) is 41.7 Å². The predicted octanol–water partition coefficient (Wildman–Crippen LogP) is 2.68. The van der Waals surface area contributed by atoms with Crippen LogP contribution in [0.1, 0.15) is 0 Å². The molecule has 0 aliphatic heterocycles. The molecule has 2 aromatic heterocycles. The molecule has 0 fully saturated rings. The third-order valence-corrected chi connectivity index (χ3v) is 2.54. The molecule has 1 aromatic carbocycles. The van der Waals surface area contributed by atoms with Gasteiger partial charge in [0.05, 0.1) is 23.6 Å². The first-order valence-corrected chi connectivity index (χ1v) is 4.70. The number of aromatic nitrogens is 3. The number of halogens is 2. The zero-order valence-corrected chi connectivity index (χ0v) is 8.24. The molecule has 0 N–H and O–H groups in total. The van der Waals surface area contributed by atoms with Gasteiger partial charge in [0.15, 0.2) is 5.15 Å². The first kappa shape index (κ1) is 8.61. The highest BCUT2D eigenvalue weighted by atomic mass is 35.5. The maximum Gasteiger partial charge on any atom is 0.155 e. The van der Waals surface area contributed by atoms with E-state index in [9.17, 15) is 4.39 Å². The van der Waals surface area contributed by atoms with Gasteiger partial charge in [-0.05, 0) is 12.1 Å². The van der Waals surface area contributed by atoms with E-state index in [1.807, 2.05) is 0 Å². The number of imidazole rings is 1. The van der Waals surface area contributed by atoms with Crippen molar-refractivity contribution in [2.75, 3.05) is 0 Å². The van der Waals surface area contributed by atoms with Crippen LogP contribution >= 0.6 is 11.6 Å². The Labute approximate surface area is 89.1 Å². The Kier molecular flexibility index (Phi) is 1.67. The van der Waals surface area contributed by atoms with Crippen molar-refractivity contribution < 1.29 is 4.39 Å². The van der Waals surface area contributed by atoms with Gasteiger partial charge in [-0.1, -0.05) is 11.6 Å². The first-order valence-electron chi connectivity index (χ1n) is 4.32. The molecule has 0 aliphatic carbocycles. The molecule has 0 spiro atoms. The fourth-order valence-electron chi connectivity index (χ4n) is 1.59. The van der Waals surface area contributed by atoms with Crippen LogP contribution < -0.4 is 0 Å². The third kappa shape index (κ3) is 1.18. The number of benzene rings is 1. The number of hydrogen-bond acceptors (Lipinski definition) is 2. The van der Waals surface area contributed by atoms with Crippen LogP contribution in [0.3, 0.4) is 0 Å². The topological polar surface area (TPSA) is 30.2 Å². The Morgan fingerprint density at radius 1 is 1.27 bits per heavy atom. The summed E-state index contributed by atoms with van der Waals surface area (Å²) >= 11 is 5.95. The highest BCUT2D eigenvalue weighted by molar-refractivity contribution is 6.33. The van der Waals surface area contributed by atoms with E-state index < -0.39 is 0 Å². The predicted molar refractivity (Wildman–Crippen MR) is 55.5 cm³/mol. The molecule has 3 aromatic rings. The number of rotatable bonds is 0. The van der Waals surface area contributed by atoms with Gasteiger partial charge in [0.2, 0.25) is 0 Å². The standard InChI is InChI=1S/C10H5ClFN3/c11-10-9-4-13-5-15(9)8-3-6(12)1-2-7(8)14-10/h1-5H. The van der Waals surface area contributed by atoms with Gasteiger partial charge in [0.1, 0.15) is 11.3 Å². The molecule has 5 heteroatoms. The average molecular weight is 222 g/mol. The van der Waals surface area contributed by atoms with Gasteiger partial charge in [0.25, 0.3) is 0 Å². The molecule has 15 heavy (non-hydrogen) atoms. The van der Waals surface area contributed by atoms with Crippen molar-refractivity contribution in [2.45, 2.75) is 0 Å². The van der Waals surface area contributed by atoms with Crippen LogP contribution in [0.4, 0.5) is 4.39 Å². The molecule has 74 valence electrons. The smallest absolute Gasteiger partial charge is 0.155 e. The lowest BCUT2D eigenvalue weighted by atomic mass is 10.3. The van der Waals surface area contributed by atoms with E-state index in [0.717, 1.165) is 0 Å². The van der Waals surface area contributed by atoms with Crippen molar-refractivity contribution in [3.8, 4) is 0 Å². The second-order valence-electron chi connectivity index (χ2n) is 3.18. The molecule has 0 unspecified atom stereocenters. The van der Waals surface area contributed by atoms with Gasteiger partial charge in [-0.2, -0.15) is 0 Å². The molecular formula is C10H5ClFN3. The lowest BCUT2D eigenvalue weighted by Crippen LogP contribution is -1.91. The van der Waals surface area contributed by atoms with Crippen molar-refractivity contribution in [3.63, 3.8) is 0 Å². The SMILES string of the molecule is Fc1ccc2nc(Cl)c3cncn3c2c1. The molecule has 0 saturated heterocycles. The minimum atomic E-state index is -0.304.